The predicted molar refractivity (Wildman–Crippen MR) is 148 cm³/mol. The lowest BCUT2D eigenvalue weighted by atomic mass is 10.0. The molecule has 0 aliphatic heterocycles. The summed E-state index contributed by atoms with van der Waals surface area (Å²) in [5, 5.41) is 23.7. The monoisotopic (exact) mass is 593 g/mol. The summed E-state index contributed by atoms with van der Waals surface area (Å²) >= 11 is 0. The first-order valence-corrected chi connectivity index (χ1v) is 13.3. The number of nitrogens with one attached hydrogen (secondary N) is 2. The van der Waals surface area contributed by atoms with Crippen LogP contribution in [0.25, 0.3) is 11.3 Å². The van der Waals surface area contributed by atoms with Gasteiger partial charge in [-0.15, -0.1) is 0 Å². The van der Waals surface area contributed by atoms with Gasteiger partial charge in [0.15, 0.2) is 5.69 Å². The normalized spacial score (nSPS) is 13.5. The molecule has 11 nitrogen and oxygen atoms in total. The van der Waals surface area contributed by atoms with Crippen molar-refractivity contribution in [2.75, 3.05) is 0 Å². The third-order valence-corrected chi connectivity index (χ3v) is 5.97. The van der Waals surface area contributed by atoms with Gasteiger partial charge in [0.2, 0.25) is 5.91 Å². The lowest BCUT2D eigenvalue weighted by Crippen LogP contribution is -2.55. The zero-order valence-electron chi connectivity index (χ0n) is 25.0. The van der Waals surface area contributed by atoms with Crippen molar-refractivity contribution in [3.05, 3.63) is 53.7 Å². The number of carbonyl (C=O) groups excluding carboxylic acids is 2. The Morgan fingerprint density at radius 3 is 2.29 bits per heavy atom. The van der Waals surface area contributed by atoms with Gasteiger partial charge < -0.3 is 20.5 Å². The second-order valence-corrected chi connectivity index (χ2v) is 12.4. The van der Waals surface area contributed by atoms with Crippen LogP contribution in [0, 0.1) is 0 Å². The van der Waals surface area contributed by atoms with E-state index >= 15 is 0 Å². The van der Waals surface area contributed by atoms with E-state index < -0.39 is 46.7 Å². The second kappa shape index (κ2) is 11.7. The smallest absolute Gasteiger partial charge is 0.435 e. The van der Waals surface area contributed by atoms with Gasteiger partial charge in [-0.05, 0) is 72.2 Å². The van der Waals surface area contributed by atoms with Crippen molar-refractivity contribution in [3.63, 3.8) is 0 Å². The van der Waals surface area contributed by atoms with Crippen molar-refractivity contribution < 1.29 is 32.6 Å². The van der Waals surface area contributed by atoms with Gasteiger partial charge in [0, 0.05) is 31.4 Å². The fourth-order valence-electron chi connectivity index (χ4n) is 4.14. The summed E-state index contributed by atoms with van der Waals surface area (Å²) in [7, 11) is 1.72. The molecule has 0 aromatic carbocycles. The summed E-state index contributed by atoms with van der Waals surface area (Å²) in [5.74, 6) is -0.576. The first kappa shape index (κ1) is 32.6. The van der Waals surface area contributed by atoms with Crippen LogP contribution in [0.1, 0.15) is 65.4 Å². The van der Waals surface area contributed by atoms with E-state index in [2.05, 4.69) is 25.8 Å². The van der Waals surface area contributed by atoms with Gasteiger partial charge in [-0.1, -0.05) is 0 Å². The Hall–Kier alpha value is -3.94. The molecule has 2 amide bonds. The van der Waals surface area contributed by atoms with Crippen molar-refractivity contribution in [2.45, 2.75) is 90.4 Å². The van der Waals surface area contributed by atoms with Crippen LogP contribution >= 0.6 is 0 Å². The van der Waals surface area contributed by atoms with Crippen LogP contribution < -0.4 is 10.6 Å². The van der Waals surface area contributed by atoms with E-state index in [4.69, 9.17) is 4.74 Å². The lowest BCUT2D eigenvalue weighted by molar-refractivity contribution is -0.141. The Labute approximate surface area is 242 Å². The number of hydrogen-bond acceptors (Lipinski definition) is 7. The second-order valence-electron chi connectivity index (χ2n) is 12.4. The van der Waals surface area contributed by atoms with Crippen LogP contribution in [0.3, 0.4) is 0 Å². The first-order valence-electron chi connectivity index (χ1n) is 13.3. The van der Waals surface area contributed by atoms with Crippen LogP contribution in [-0.2, 0) is 41.3 Å². The number of ether oxygens (including phenoxy) is 1. The molecule has 14 heteroatoms. The van der Waals surface area contributed by atoms with Crippen molar-refractivity contribution >= 4 is 12.0 Å². The summed E-state index contributed by atoms with van der Waals surface area (Å²) in [6.45, 7) is 11.2. The Balaban J connectivity index is 1.90. The van der Waals surface area contributed by atoms with E-state index in [1.165, 1.54) is 32.2 Å². The average molecular weight is 594 g/mol. The lowest BCUT2D eigenvalue weighted by Gasteiger charge is -2.30. The number of pyridine rings is 1. The maximum absolute atomic E-state index is 13.7. The molecular formula is C28H38F3N7O4. The number of amides is 2. The van der Waals surface area contributed by atoms with E-state index in [-0.39, 0.29) is 24.4 Å². The maximum atomic E-state index is 13.7. The number of halogens is 3. The molecule has 42 heavy (non-hydrogen) atoms. The highest BCUT2D eigenvalue weighted by molar-refractivity contribution is 5.86. The number of aliphatic hydroxyl groups is 1. The fraction of sp³-hybridized carbons (Fsp3) is 0.536. The van der Waals surface area contributed by atoms with Gasteiger partial charge in [0.25, 0.3) is 0 Å². The number of rotatable bonds is 9. The molecule has 0 fully saturated rings. The van der Waals surface area contributed by atoms with Gasteiger partial charge in [-0.3, -0.25) is 19.1 Å². The molecule has 0 aliphatic carbocycles. The molecule has 1 atom stereocenters. The quantitative estimate of drug-likeness (QED) is 0.342. The van der Waals surface area contributed by atoms with E-state index in [9.17, 15) is 27.9 Å². The molecule has 3 aromatic rings. The molecule has 0 aliphatic rings. The molecule has 0 saturated carbocycles. The summed E-state index contributed by atoms with van der Waals surface area (Å²) in [4.78, 5) is 30.2. The standard InChI is InChI=1S/C28H38F3N7O4/c1-25(2,3)42-24(40)34-19(11-17-14-33-37(8)15-17)23(39)35-26(4,5)16-38-20(13-22(36-38)28(29,30)31)18-9-10-32-21(12-18)27(6,7)41/h9-10,12-15,19,41H,11,16H2,1-8H3,(H,34,40)(H,35,39)/t19-/m1/s1. The number of alkyl halides is 3. The molecule has 3 aromatic heterocycles. The van der Waals surface area contributed by atoms with Crippen LogP contribution in [0.5, 0.6) is 0 Å². The molecule has 0 unspecified atom stereocenters. The Morgan fingerprint density at radius 1 is 1.07 bits per heavy atom. The Bertz CT molecular complexity index is 1420. The molecule has 0 bridgehead atoms. The number of aromatic nitrogens is 5. The van der Waals surface area contributed by atoms with Crippen LogP contribution in [0.2, 0.25) is 0 Å². The number of carbonyl (C=O) groups is 2. The molecule has 0 saturated heterocycles. The summed E-state index contributed by atoms with van der Waals surface area (Å²) < 4.78 is 49.2. The first-order chi connectivity index (χ1) is 19.1. The van der Waals surface area contributed by atoms with E-state index in [1.807, 2.05) is 0 Å². The van der Waals surface area contributed by atoms with Crippen molar-refractivity contribution in [1.29, 1.82) is 0 Å². The minimum Gasteiger partial charge on any atom is -0.444 e. The number of alkyl carbamates (subject to hydrolysis) is 1. The molecular weight excluding hydrogens is 555 g/mol. The van der Waals surface area contributed by atoms with Gasteiger partial charge >= 0.3 is 12.3 Å². The molecule has 3 N–H and O–H groups in total. The zero-order chi connectivity index (χ0) is 31.7. The van der Waals surface area contributed by atoms with Gasteiger partial charge in [-0.2, -0.15) is 23.4 Å². The number of aryl methyl sites for hydroxylation is 1. The predicted octanol–water partition coefficient (Wildman–Crippen LogP) is 3.96. The maximum Gasteiger partial charge on any atom is 0.435 e. The Morgan fingerprint density at radius 2 is 1.74 bits per heavy atom. The van der Waals surface area contributed by atoms with Crippen LogP contribution in [0.15, 0.2) is 36.8 Å². The van der Waals surface area contributed by atoms with E-state index in [0.29, 0.717) is 11.1 Å². The van der Waals surface area contributed by atoms with Gasteiger partial charge in [0.05, 0.1) is 29.7 Å². The summed E-state index contributed by atoms with van der Waals surface area (Å²) in [6.07, 6.45) is -0.760. The summed E-state index contributed by atoms with van der Waals surface area (Å²) in [5.41, 5.74) is -2.95. The van der Waals surface area contributed by atoms with E-state index in [1.54, 1.807) is 58.7 Å². The molecule has 230 valence electrons. The number of nitrogens with zero attached hydrogens (tertiary/aromatic N) is 5. The average Bonchev–Trinajstić information content (AvgIpc) is 3.42. The highest BCUT2D eigenvalue weighted by Gasteiger charge is 2.37. The highest BCUT2D eigenvalue weighted by Crippen LogP contribution is 2.33. The Kier molecular flexibility index (Phi) is 9.11. The van der Waals surface area contributed by atoms with E-state index in [0.717, 1.165) is 10.7 Å². The summed E-state index contributed by atoms with van der Waals surface area (Å²) in [6, 6.07) is 2.86. The number of hydrogen-bond donors (Lipinski definition) is 3. The van der Waals surface area contributed by atoms with Crippen molar-refractivity contribution in [3.8, 4) is 11.3 Å². The van der Waals surface area contributed by atoms with Gasteiger partial charge in [0.1, 0.15) is 17.2 Å². The largest absolute Gasteiger partial charge is 0.444 e. The van der Waals surface area contributed by atoms with Crippen molar-refractivity contribution in [1.82, 2.24) is 35.2 Å². The third kappa shape index (κ3) is 9.03. The fourth-order valence-corrected chi connectivity index (χ4v) is 4.14. The van der Waals surface area contributed by atoms with Crippen LogP contribution in [-0.4, -0.2) is 58.8 Å². The van der Waals surface area contributed by atoms with Gasteiger partial charge in [-0.25, -0.2) is 4.79 Å². The van der Waals surface area contributed by atoms with Crippen molar-refractivity contribution in [2.24, 2.45) is 7.05 Å². The molecule has 0 radical (unpaired) electrons. The van der Waals surface area contributed by atoms with Crippen LogP contribution in [0.4, 0.5) is 18.0 Å². The minimum absolute atomic E-state index is 0.0942. The SMILES string of the molecule is Cn1cc(C[C@@H](NC(=O)OC(C)(C)C)C(=O)NC(C)(C)Cn2nc(C(F)(F)F)cc2-c2ccnc(C(C)(C)O)c2)cn1. The highest BCUT2D eigenvalue weighted by atomic mass is 19.4. The zero-order valence-corrected chi connectivity index (χ0v) is 25.0. The molecule has 3 heterocycles. The third-order valence-electron chi connectivity index (χ3n) is 5.97. The minimum atomic E-state index is -4.72. The molecule has 3 rings (SSSR count). The topological polar surface area (TPSA) is 136 Å². The molecule has 0 spiro atoms.